The third-order valence-electron chi connectivity index (χ3n) is 10.5. The van der Waals surface area contributed by atoms with Gasteiger partial charge in [0.25, 0.3) is 0 Å². The summed E-state index contributed by atoms with van der Waals surface area (Å²) in [4.78, 5) is 35.3. The van der Waals surface area contributed by atoms with Crippen molar-refractivity contribution < 1.29 is 19.1 Å². The fourth-order valence-corrected chi connectivity index (χ4v) is 8.23. The van der Waals surface area contributed by atoms with Gasteiger partial charge in [-0.2, -0.15) is 0 Å². The minimum absolute atomic E-state index is 0.167. The number of benzene rings is 2. The summed E-state index contributed by atoms with van der Waals surface area (Å²) in [5, 5.41) is 9.15. The van der Waals surface area contributed by atoms with Gasteiger partial charge in [0, 0.05) is 83.1 Å². The molecule has 51 heavy (non-hydrogen) atoms. The van der Waals surface area contributed by atoms with Crippen LogP contribution in [0, 0.1) is 0 Å². The molecule has 0 unspecified atom stereocenters. The van der Waals surface area contributed by atoms with Gasteiger partial charge in [-0.1, -0.05) is 41.9 Å². The predicted molar refractivity (Wildman–Crippen MR) is 202 cm³/mol. The number of aromatic nitrogens is 2. The number of nitrogens with zero attached hydrogens (tertiary/aromatic N) is 6. The molecular weight excluding hydrogens is 691 g/mol. The maximum Gasteiger partial charge on any atom is 0.247 e. The summed E-state index contributed by atoms with van der Waals surface area (Å²) in [6.45, 7) is 12.2. The highest BCUT2D eigenvalue weighted by Gasteiger charge is 2.33. The lowest BCUT2D eigenvalue weighted by molar-refractivity contribution is -0.111. The fraction of sp³-hybridized carbons (Fsp3) is 0.486. The Hall–Kier alpha value is -3.65. The van der Waals surface area contributed by atoms with Gasteiger partial charge in [-0.25, -0.2) is 15.0 Å². The fourth-order valence-electron chi connectivity index (χ4n) is 7.80. The number of methoxy groups -OCH3 is 1. The molecule has 12 nitrogen and oxygen atoms in total. The number of piperazine rings is 1. The summed E-state index contributed by atoms with van der Waals surface area (Å²) in [7, 11) is 1.64. The molecule has 2 N–H and O–H groups in total. The van der Waals surface area contributed by atoms with Gasteiger partial charge in [-0.15, -0.1) is 0 Å². The molecule has 4 aliphatic rings. The molecule has 1 aromatic heterocycles. The summed E-state index contributed by atoms with van der Waals surface area (Å²) in [5.41, 5.74) is 3.08. The molecule has 4 fully saturated rings. The number of ether oxygens (including phenoxy) is 2. The van der Waals surface area contributed by atoms with E-state index in [0.717, 1.165) is 95.8 Å². The molecule has 0 saturated carbocycles. The van der Waals surface area contributed by atoms with E-state index in [1.54, 1.807) is 24.3 Å². The van der Waals surface area contributed by atoms with Crippen molar-refractivity contribution >= 4 is 57.8 Å². The van der Waals surface area contributed by atoms with Crippen molar-refractivity contribution in [3.05, 3.63) is 71.0 Å². The van der Waals surface area contributed by atoms with E-state index in [-0.39, 0.29) is 11.9 Å². The zero-order chi connectivity index (χ0) is 35.3. The number of nitrogens with one attached hydrogen (secondary N) is 2. The van der Waals surface area contributed by atoms with Crippen LogP contribution in [0.5, 0.6) is 5.75 Å². The molecule has 0 spiro atoms. The molecule has 3 aromatic rings. The second-order valence-electron chi connectivity index (χ2n) is 13.4. The molecule has 4 aliphatic heterocycles. The molecule has 14 heteroatoms. The lowest BCUT2D eigenvalue weighted by Crippen LogP contribution is -2.55. The SMILES string of the molecule is C=CC(=O)Nc1cc(Nc2cc(N3OCC[C@@H]3c3cccc(Cl)c3Cl)ncn2)c(OC)cc1N1CCC(N2CCN(C3CCOCC3)CC2)CC1. The zero-order valence-electron chi connectivity index (χ0n) is 29.0. The summed E-state index contributed by atoms with van der Waals surface area (Å²) in [6.07, 6.45) is 7.88. The Morgan fingerprint density at radius 3 is 2.35 bits per heavy atom. The second kappa shape index (κ2) is 16.4. The van der Waals surface area contributed by atoms with Gasteiger partial charge in [0.05, 0.1) is 46.9 Å². The topological polar surface area (TPSA) is 108 Å². The quantitative estimate of drug-likeness (QED) is 0.229. The first-order valence-corrected chi connectivity index (χ1v) is 18.6. The number of hydroxylamine groups is 1. The molecule has 0 aliphatic carbocycles. The Kier molecular flexibility index (Phi) is 11.5. The van der Waals surface area contributed by atoms with E-state index < -0.39 is 0 Å². The van der Waals surface area contributed by atoms with E-state index in [0.29, 0.717) is 57.5 Å². The number of hydrogen-bond acceptors (Lipinski definition) is 11. The Balaban J connectivity index is 1.05. The third-order valence-corrected chi connectivity index (χ3v) is 11.4. The minimum Gasteiger partial charge on any atom is -0.494 e. The third kappa shape index (κ3) is 8.06. The number of amides is 1. The maximum atomic E-state index is 12.6. The van der Waals surface area contributed by atoms with Gasteiger partial charge >= 0.3 is 0 Å². The zero-order valence-corrected chi connectivity index (χ0v) is 30.5. The molecule has 0 radical (unpaired) electrons. The van der Waals surface area contributed by atoms with Crippen LogP contribution in [0.2, 0.25) is 10.0 Å². The Labute approximate surface area is 309 Å². The van der Waals surface area contributed by atoms with Crippen LogP contribution in [-0.4, -0.2) is 104 Å². The monoisotopic (exact) mass is 736 g/mol. The first kappa shape index (κ1) is 35.7. The Morgan fingerprint density at radius 1 is 0.922 bits per heavy atom. The van der Waals surface area contributed by atoms with Crippen molar-refractivity contribution in [1.82, 2.24) is 19.8 Å². The lowest BCUT2D eigenvalue weighted by atomic mass is 10.00. The van der Waals surface area contributed by atoms with Gasteiger partial charge < -0.3 is 25.0 Å². The van der Waals surface area contributed by atoms with E-state index >= 15 is 0 Å². The highest BCUT2D eigenvalue weighted by Crippen LogP contribution is 2.42. The van der Waals surface area contributed by atoms with Crippen LogP contribution in [0.1, 0.15) is 43.7 Å². The van der Waals surface area contributed by atoms with Gasteiger partial charge in [0.2, 0.25) is 5.91 Å². The van der Waals surface area contributed by atoms with Gasteiger partial charge in [-0.05, 0) is 49.5 Å². The van der Waals surface area contributed by atoms with Gasteiger partial charge in [0.1, 0.15) is 17.9 Å². The molecule has 1 atom stereocenters. The van der Waals surface area contributed by atoms with E-state index in [4.69, 9.17) is 37.5 Å². The van der Waals surface area contributed by atoms with Crippen molar-refractivity contribution in [2.75, 3.05) is 86.8 Å². The number of piperidine rings is 1. The van der Waals surface area contributed by atoms with E-state index in [1.807, 2.05) is 24.3 Å². The predicted octanol–water partition coefficient (Wildman–Crippen LogP) is 6.31. The van der Waals surface area contributed by atoms with Crippen molar-refractivity contribution in [1.29, 1.82) is 0 Å². The van der Waals surface area contributed by atoms with Crippen LogP contribution in [0.25, 0.3) is 0 Å². The maximum absolute atomic E-state index is 12.6. The van der Waals surface area contributed by atoms with E-state index in [9.17, 15) is 4.79 Å². The lowest BCUT2D eigenvalue weighted by Gasteiger charge is -2.45. The van der Waals surface area contributed by atoms with Crippen LogP contribution in [0.15, 0.2) is 55.4 Å². The van der Waals surface area contributed by atoms with Crippen LogP contribution in [0.4, 0.5) is 28.7 Å². The molecule has 7 rings (SSSR count). The van der Waals surface area contributed by atoms with Crippen LogP contribution in [0.3, 0.4) is 0 Å². The number of rotatable bonds is 10. The smallest absolute Gasteiger partial charge is 0.247 e. The average molecular weight is 738 g/mol. The average Bonchev–Trinajstić information content (AvgIpc) is 3.67. The van der Waals surface area contributed by atoms with Crippen molar-refractivity contribution in [3.8, 4) is 5.75 Å². The van der Waals surface area contributed by atoms with Gasteiger partial charge in [-0.3, -0.25) is 19.4 Å². The normalized spacial score (nSPS) is 21.1. The second-order valence-corrected chi connectivity index (χ2v) is 14.2. The number of carbonyl (C=O) groups is 1. The van der Waals surface area contributed by atoms with Crippen molar-refractivity contribution in [3.63, 3.8) is 0 Å². The summed E-state index contributed by atoms with van der Waals surface area (Å²) < 4.78 is 11.5. The summed E-state index contributed by atoms with van der Waals surface area (Å²) in [5.74, 6) is 1.42. The molecular formula is C37H46Cl2N8O4. The van der Waals surface area contributed by atoms with E-state index in [2.05, 4.69) is 41.9 Å². The van der Waals surface area contributed by atoms with Gasteiger partial charge in [0.15, 0.2) is 5.82 Å². The summed E-state index contributed by atoms with van der Waals surface area (Å²) in [6, 6.07) is 12.3. The molecule has 1 amide bonds. The molecule has 5 heterocycles. The summed E-state index contributed by atoms with van der Waals surface area (Å²) >= 11 is 12.9. The van der Waals surface area contributed by atoms with Crippen LogP contribution in [-0.2, 0) is 14.4 Å². The van der Waals surface area contributed by atoms with E-state index in [1.165, 1.54) is 12.4 Å². The molecule has 272 valence electrons. The molecule has 2 aromatic carbocycles. The van der Waals surface area contributed by atoms with Crippen molar-refractivity contribution in [2.45, 2.75) is 50.2 Å². The van der Waals surface area contributed by atoms with Crippen LogP contribution >= 0.6 is 23.2 Å². The first-order valence-electron chi connectivity index (χ1n) is 17.8. The Morgan fingerprint density at radius 2 is 1.65 bits per heavy atom. The largest absolute Gasteiger partial charge is 0.494 e. The van der Waals surface area contributed by atoms with Crippen LogP contribution < -0.4 is 25.3 Å². The first-order chi connectivity index (χ1) is 24.9. The molecule has 0 bridgehead atoms. The number of carbonyl (C=O) groups excluding carboxylic acids is 1. The number of halogens is 2. The highest BCUT2D eigenvalue weighted by molar-refractivity contribution is 6.42. The Bertz CT molecular complexity index is 1690. The van der Waals surface area contributed by atoms with Crippen molar-refractivity contribution in [2.24, 2.45) is 0 Å². The minimum atomic E-state index is -0.286. The number of hydrogen-bond donors (Lipinski definition) is 2. The highest BCUT2D eigenvalue weighted by atomic mass is 35.5. The number of anilines is 5. The standard InChI is InChI=1S/C37H46Cl2N8O4/c1-3-36(48)43-29-21-30(42-34-23-35(41-24-40-34)47-31(11-20-51-47)27-5-4-6-28(38)37(27)39)33(49-2)22-32(29)46-12-7-25(8-13-46)44-14-16-45(17-15-44)26-9-18-50-19-10-26/h3-6,21-26,31H,1,7-20H2,2H3,(H,43,48)(H,40,41,42)/t31-/m1/s1. The molecule has 4 saturated heterocycles.